The summed E-state index contributed by atoms with van der Waals surface area (Å²) in [6.45, 7) is 0. The number of halogens is 1. The Hall–Kier alpha value is 0.430. The van der Waals surface area contributed by atoms with Gasteiger partial charge in [0, 0.05) is 0 Å². The van der Waals surface area contributed by atoms with Crippen LogP contribution in [0.25, 0.3) is 0 Å². The first-order chi connectivity index (χ1) is 12.8. The van der Waals surface area contributed by atoms with Crippen molar-refractivity contribution in [2.75, 3.05) is 0 Å². The van der Waals surface area contributed by atoms with E-state index in [1.54, 1.807) is 0 Å². The van der Waals surface area contributed by atoms with Crippen molar-refractivity contribution in [3.05, 3.63) is 10.2 Å². The monoisotopic (exact) mass is 474 g/mol. The molecule has 1 N–H and O–H groups in total. The summed E-state index contributed by atoms with van der Waals surface area (Å²) < 4.78 is 1.96. The van der Waals surface area contributed by atoms with Crippen LogP contribution in [0.15, 0.2) is 10.2 Å². The second-order valence-electron chi connectivity index (χ2n) is 9.17. The van der Waals surface area contributed by atoms with E-state index in [0.29, 0.717) is 5.92 Å². The number of rotatable bonds is 8. The predicted molar refractivity (Wildman–Crippen MR) is 123 cm³/mol. The van der Waals surface area contributed by atoms with E-state index in [1.807, 2.05) is 10.2 Å². The van der Waals surface area contributed by atoms with Crippen LogP contribution < -0.4 is 0 Å². The molecule has 2 rings (SSSR count). The van der Waals surface area contributed by atoms with Crippen molar-refractivity contribution in [1.29, 1.82) is 0 Å². The van der Waals surface area contributed by atoms with E-state index < -0.39 is 0 Å². The Labute approximate surface area is 176 Å². The lowest BCUT2D eigenvalue weighted by Gasteiger charge is -2.37. The fourth-order valence-corrected chi connectivity index (χ4v) is 5.54. The van der Waals surface area contributed by atoms with Gasteiger partial charge in [0.25, 0.3) is 0 Å². The maximum Gasteiger partial charge on any atom is 0.0756 e. The van der Waals surface area contributed by atoms with Crippen molar-refractivity contribution < 1.29 is 5.11 Å². The minimum absolute atomic E-state index is 0.191. The number of aliphatic hydroxyl groups is 1. The van der Waals surface area contributed by atoms with Gasteiger partial charge in [0.2, 0.25) is 0 Å². The van der Waals surface area contributed by atoms with Gasteiger partial charge in [0.05, 0.1) is 6.10 Å². The highest BCUT2D eigenvalue weighted by Gasteiger charge is 2.32. The minimum Gasteiger partial charge on any atom is -0.389 e. The number of hydrogen-bond donors (Lipinski definition) is 1. The molecule has 0 bridgehead atoms. The molecule has 1 nitrogen and oxygen atoms in total. The third-order valence-electron chi connectivity index (χ3n) is 6.97. The normalized spacial score (nSPS) is 28.2. The predicted octanol–water partition coefficient (Wildman–Crippen LogP) is 8.19. The summed E-state index contributed by atoms with van der Waals surface area (Å²) in [4.78, 5) is 0. The van der Waals surface area contributed by atoms with Crippen LogP contribution in [0.2, 0.25) is 0 Å². The molecule has 26 heavy (non-hydrogen) atoms. The average Bonchev–Trinajstić information content (AvgIpc) is 2.58. The molecule has 0 amide bonds. The zero-order valence-electron chi connectivity index (χ0n) is 17.0. The topological polar surface area (TPSA) is 20.2 Å². The van der Waals surface area contributed by atoms with Gasteiger partial charge in [-0.25, -0.2) is 0 Å². The smallest absolute Gasteiger partial charge is 0.0756 e. The summed E-state index contributed by atoms with van der Waals surface area (Å²) in [6.07, 6.45) is 27.9. The van der Waals surface area contributed by atoms with Gasteiger partial charge in [0.15, 0.2) is 0 Å². The van der Waals surface area contributed by atoms with Crippen LogP contribution in [0.3, 0.4) is 0 Å². The van der Waals surface area contributed by atoms with Gasteiger partial charge in [-0.15, -0.1) is 0 Å². The van der Waals surface area contributed by atoms with Gasteiger partial charge in [-0.3, -0.25) is 0 Å². The molecule has 152 valence electrons. The Bertz CT molecular complexity index is 349. The summed E-state index contributed by atoms with van der Waals surface area (Å²) in [6, 6.07) is 0. The van der Waals surface area contributed by atoms with E-state index in [1.165, 1.54) is 116 Å². The molecule has 2 aliphatic rings. The van der Waals surface area contributed by atoms with Gasteiger partial charge in [-0.2, -0.15) is 0 Å². The molecule has 0 aromatic rings. The van der Waals surface area contributed by atoms with Crippen LogP contribution in [0, 0.1) is 17.8 Å². The van der Waals surface area contributed by atoms with Gasteiger partial charge < -0.3 is 5.11 Å². The molecule has 1 unspecified atom stereocenters. The molecule has 0 aliphatic heterocycles. The van der Waals surface area contributed by atoms with E-state index in [2.05, 4.69) is 22.6 Å². The zero-order valence-corrected chi connectivity index (χ0v) is 19.2. The Kier molecular flexibility index (Phi) is 12.6. The average molecular weight is 475 g/mol. The molecule has 2 aliphatic carbocycles. The SMILES string of the molecule is OC(C=CI)[C@H]1C[C@H](CCCCCC2CCCCCCCCCCC2)C1. The van der Waals surface area contributed by atoms with E-state index in [0.717, 1.165) is 11.8 Å². The molecule has 0 heterocycles. The first kappa shape index (κ1) is 22.7. The highest BCUT2D eigenvalue weighted by Crippen LogP contribution is 2.39. The lowest BCUT2D eigenvalue weighted by molar-refractivity contribution is 0.0540. The van der Waals surface area contributed by atoms with Crippen LogP contribution in [-0.4, -0.2) is 11.2 Å². The summed E-state index contributed by atoms with van der Waals surface area (Å²) in [5, 5.41) is 9.96. The molecule has 0 spiro atoms. The quantitative estimate of drug-likeness (QED) is 0.278. The number of unbranched alkanes of at least 4 members (excludes halogenated alkanes) is 2. The molecular weight excluding hydrogens is 431 g/mol. The van der Waals surface area contributed by atoms with Crippen LogP contribution in [0.5, 0.6) is 0 Å². The third kappa shape index (κ3) is 9.57. The van der Waals surface area contributed by atoms with E-state index in [4.69, 9.17) is 0 Å². The molecule has 0 saturated heterocycles. The third-order valence-corrected chi connectivity index (χ3v) is 7.39. The van der Waals surface area contributed by atoms with E-state index >= 15 is 0 Å². The summed E-state index contributed by atoms with van der Waals surface area (Å²) >= 11 is 2.20. The first-order valence-corrected chi connectivity index (χ1v) is 13.0. The van der Waals surface area contributed by atoms with Crippen molar-refractivity contribution in [3.63, 3.8) is 0 Å². The molecule has 0 aromatic heterocycles. The maximum atomic E-state index is 9.96. The Balaban J connectivity index is 1.49. The second kappa shape index (κ2) is 14.4. The fraction of sp³-hybridized carbons (Fsp3) is 0.917. The Morgan fingerprint density at radius 1 is 0.731 bits per heavy atom. The minimum atomic E-state index is -0.191. The van der Waals surface area contributed by atoms with Gasteiger partial charge in [-0.1, -0.05) is 125 Å². The van der Waals surface area contributed by atoms with Crippen LogP contribution in [-0.2, 0) is 0 Å². The molecule has 1 atom stereocenters. The number of aliphatic hydroxyl groups excluding tert-OH is 1. The van der Waals surface area contributed by atoms with Crippen molar-refractivity contribution in [2.24, 2.45) is 17.8 Å². The standard InChI is InChI=1S/C24H43IO/c25-18-17-24(26)23-19-22(20-23)16-12-8-11-15-21-13-9-6-4-2-1-3-5-7-10-14-21/h17-18,21-24,26H,1-16,19-20H2/t22-,23-,24?. The van der Waals surface area contributed by atoms with Gasteiger partial charge in [0.1, 0.15) is 0 Å². The lowest BCUT2D eigenvalue weighted by atomic mass is 9.70. The van der Waals surface area contributed by atoms with Crippen molar-refractivity contribution >= 4 is 22.6 Å². The van der Waals surface area contributed by atoms with Crippen LogP contribution in [0.1, 0.15) is 116 Å². The Morgan fingerprint density at radius 3 is 1.77 bits per heavy atom. The highest BCUT2D eigenvalue weighted by molar-refractivity contribution is 14.1. The summed E-state index contributed by atoms with van der Waals surface area (Å²) in [5.74, 6) is 2.47. The zero-order chi connectivity index (χ0) is 18.5. The summed E-state index contributed by atoms with van der Waals surface area (Å²) in [7, 11) is 0. The first-order valence-electron chi connectivity index (χ1n) is 11.7. The largest absolute Gasteiger partial charge is 0.389 e. The maximum absolute atomic E-state index is 9.96. The van der Waals surface area contributed by atoms with Crippen molar-refractivity contribution in [2.45, 2.75) is 122 Å². The summed E-state index contributed by atoms with van der Waals surface area (Å²) in [5.41, 5.74) is 0. The van der Waals surface area contributed by atoms with E-state index in [-0.39, 0.29) is 6.10 Å². The van der Waals surface area contributed by atoms with Crippen LogP contribution >= 0.6 is 22.6 Å². The van der Waals surface area contributed by atoms with E-state index in [9.17, 15) is 5.11 Å². The molecule has 2 heteroatoms. The molecular formula is C24H43IO. The second-order valence-corrected chi connectivity index (χ2v) is 9.89. The molecule has 2 fully saturated rings. The van der Waals surface area contributed by atoms with Gasteiger partial charge in [-0.05, 0) is 40.8 Å². The highest BCUT2D eigenvalue weighted by atomic mass is 127. The molecule has 0 radical (unpaired) electrons. The Morgan fingerprint density at radius 2 is 1.23 bits per heavy atom. The fourth-order valence-electron chi connectivity index (χ4n) is 5.11. The lowest BCUT2D eigenvalue weighted by Crippen LogP contribution is -2.32. The van der Waals surface area contributed by atoms with Gasteiger partial charge >= 0.3 is 0 Å². The molecule has 0 aromatic carbocycles. The molecule has 2 saturated carbocycles. The number of hydrogen-bond acceptors (Lipinski definition) is 1. The van der Waals surface area contributed by atoms with Crippen molar-refractivity contribution in [3.8, 4) is 0 Å². The van der Waals surface area contributed by atoms with Crippen LogP contribution in [0.4, 0.5) is 0 Å². The van der Waals surface area contributed by atoms with Crippen molar-refractivity contribution in [1.82, 2.24) is 0 Å².